The number of hydrogen-bond acceptors (Lipinski definition) is 8. The van der Waals surface area contributed by atoms with Gasteiger partial charge in [-0.3, -0.25) is 0 Å². The van der Waals surface area contributed by atoms with Crippen LogP contribution in [0.15, 0.2) is 59.8 Å². The predicted octanol–water partition coefficient (Wildman–Crippen LogP) is 7.19. The first kappa shape index (κ1) is 27.3. The standard InChI is InChI=1S/C23H15Cl3F4N8/c24-14-5-13(6-15(25)7-14)11-33-38-22-36-20(32-10-12-1-4-19(26)31-9-12)35-21(37-22)34-16-2-3-18(27)17(8-16)23(28,29)30/h1-9,11H,10H2,(H3,32,34,35,36,37,38)/b33-11+. The molecule has 8 nitrogen and oxygen atoms in total. The van der Waals surface area contributed by atoms with Crippen molar-refractivity contribution in [3.8, 4) is 0 Å². The summed E-state index contributed by atoms with van der Waals surface area (Å²) in [5.74, 6) is -1.55. The summed E-state index contributed by atoms with van der Waals surface area (Å²) in [6.45, 7) is 0.242. The van der Waals surface area contributed by atoms with E-state index in [2.05, 4.69) is 41.1 Å². The first-order chi connectivity index (χ1) is 18.0. The van der Waals surface area contributed by atoms with Crippen LogP contribution in [0.5, 0.6) is 0 Å². The molecular weight excluding hydrogens is 571 g/mol. The maximum absolute atomic E-state index is 13.7. The van der Waals surface area contributed by atoms with Crippen LogP contribution in [0.4, 0.5) is 41.1 Å². The molecule has 2 heterocycles. The van der Waals surface area contributed by atoms with E-state index in [0.717, 1.165) is 11.6 Å². The van der Waals surface area contributed by atoms with Gasteiger partial charge >= 0.3 is 6.18 Å². The Hall–Kier alpha value is -3.74. The lowest BCUT2D eigenvalue weighted by molar-refractivity contribution is -0.139. The highest BCUT2D eigenvalue weighted by atomic mass is 35.5. The van der Waals surface area contributed by atoms with Crippen molar-refractivity contribution in [2.45, 2.75) is 12.7 Å². The second-order valence-electron chi connectivity index (χ2n) is 7.54. The van der Waals surface area contributed by atoms with Gasteiger partial charge in [-0.1, -0.05) is 40.9 Å². The molecule has 4 aromatic rings. The first-order valence-corrected chi connectivity index (χ1v) is 11.7. The van der Waals surface area contributed by atoms with Crippen molar-refractivity contribution in [1.82, 2.24) is 19.9 Å². The molecule has 0 saturated carbocycles. The molecule has 15 heteroatoms. The topological polar surface area (TPSA) is 100 Å². The third-order valence-electron chi connectivity index (χ3n) is 4.67. The van der Waals surface area contributed by atoms with Crippen LogP contribution in [0.3, 0.4) is 0 Å². The lowest BCUT2D eigenvalue weighted by Gasteiger charge is -2.12. The van der Waals surface area contributed by atoms with Crippen LogP contribution in [0.25, 0.3) is 0 Å². The molecule has 0 aliphatic heterocycles. The van der Waals surface area contributed by atoms with Gasteiger partial charge in [0.25, 0.3) is 0 Å². The van der Waals surface area contributed by atoms with Gasteiger partial charge in [-0.25, -0.2) is 14.8 Å². The van der Waals surface area contributed by atoms with E-state index in [1.165, 1.54) is 6.21 Å². The van der Waals surface area contributed by atoms with Crippen LogP contribution in [0, 0.1) is 5.82 Å². The summed E-state index contributed by atoms with van der Waals surface area (Å²) in [6, 6.07) is 10.6. The van der Waals surface area contributed by atoms with E-state index in [1.54, 1.807) is 36.5 Å². The van der Waals surface area contributed by atoms with Crippen LogP contribution < -0.4 is 16.1 Å². The minimum Gasteiger partial charge on any atom is -0.350 e. The van der Waals surface area contributed by atoms with E-state index >= 15 is 0 Å². The number of hydrogen-bond donors (Lipinski definition) is 3. The zero-order chi connectivity index (χ0) is 27.3. The number of nitrogens with one attached hydrogen (secondary N) is 3. The third-order valence-corrected chi connectivity index (χ3v) is 5.33. The number of alkyl halides is 3. The number of anilines is 4. The molecule has 0 aliphatic rings. The molecule has 0 bridgehead atoms. The van der Waals surface area contributed by atoms with Gasteiger partial charge in [0.05, 0.1) is 11.8 Å². The molecule has 0 saturated heterocycles. The SMILES string of the molecule is Fc1ccc(Nc2nc(NCc3ccc(Cl)nc3)nc(N/N=C/c3cc(Cl)cc(Cl)c3)n2)cc1C(F)(F)F. The fourth-order valence-corrected chi connectivity index (χ4v) is 3.67. The van der Waals surface area contributed by atoms with Gasteiger partial charge in [0.1, 0.15) is 11.0 Å². The fraction of sp³-hybridized carbons (Fsp3) is 0.0870. The molecular formula is C23H15Cl3F4N8. The highest BCUT2D eigenvalue weighted by Crippen LogP contribution is 2.33. The second kappa shape index (κ2) is 11.8. The minimum atomic E-state index is -4.88. The van der Waals surface area contributed by atoms with Crippen LogP contribution in [-0.2, 0) is 12.7 Å². The normalized spacial score (nSPS) is 11.6. The lowest BCUT2D eigenvalue weighted by Crippen LogP contribution is -2.11. The molecule has 196 valence electrons. The molecule has 0 amide bonds. The third kappa shape index (κ3) is 7.63. The predicted molar refractivity (Wildman–Crippen MR) is 139 cm³/mol. The van der Waals surface area contributed by atoms with Crippen molar-refractivity contribution < 1.29 is 17.6 Å². The van der Waals surface area contributed by atoms with Gasteiger partial charge < -0.3 is 10.6 Å². The Morgan fingerprint density at radius 3 is 2.26 bits per heavy atom. The summed E-state index contributed by atoms with van der Waals surface area (Å²) >= 11 is 17.8. The van der Waals surface area contributed by atoms with Crippen LogP contribution in [0.2, 0.25) is 15.2 Å². The molecule has 3 N–H and O–H groups in total. The maximum atomic E-state index is 13.7. The molecule has 4 rings (SSSR count). The van der Waals surface area contributed by atoms with E-state index in [9.17, 15) is 17.6 Å². The van der Waals surface area contributed by atoms with Gasteiger partial charge in [0.2, 0.25) is 17.8 Å². The molecule has 0 spiro atoms. The van der Waals surface area contributed by atoms with E-state index in [1.807, 2.05) is 0 Å². The number of aromatic nitrogens is 4. The summed E-state index contributed by atoms with van der Waals surface area (Å²) in [5, 5.41) is 10.8. The zero-order valence-electron chi connectivity index (χ0n) is 18.9. The maximum Gasteiger partial charge on any atom is 0.419 e. The van der Waals surface area contributed by atoms with Gasteiger partial charge in [-0.2, -0.15) is 33.2 Å². The van der Waals surface area contributed by atoms with Crippen molar-refractivity contribution in [3.05, 3.63) is 92.4 Å². The van der Waals surface area contributed by atoms with Gasteiger partial charge in [0, 0.05) is 28.5 Å². The first-order valence-electron chi connectivity index (χ1n) is 10.5. The van der Waals surface area contributed by atoms with Crippen molar-refractivity contribution in [2.75, 3.05) is 16.1 Å². The Labute approximate surface area is 228 Å². The van der Waals surface area contributed by atoms with Gasteiger partial charge in [-0.05, 0) is 53.6 Å². The Bertz CT molecular complexity index is 1450. The molecule has 0 unspecified atom stereocenters. The quantitative estimate of drug-likeness (QED) is 0.0871. The summed E-state index contributed by atoms with van der Waals surface area (Å²) in [4.78, 5) is 16.5. The van der Waals surface area contributed by atoms with Crippen LogP contribution in [0.1, 0.15) is 16.7 Å². The van der Waals surface area contributed by atoms with Crippen molar-refractivity contribution >= 4 is 64.5 Å². The second-order valence-corrected chi connectivity index (χ2v) is 8.80. The van der Waals surface area contributed by atoms with E-state index in [4.69, 9.17) is 34.8 Å². The Morgan fingerprint density at radius 2 is 1.58 bits per heavy atom. The van der Waals surface area contributed by atoms with E-state index in [0.29, 0.717) is 32.9 Å². The molecule has 0 atom stereocenters. The summed E-state index contributed by atoms with van der Waals surface area (Å²) in [5.41, 5.74) is 2.43. The largest absolute Gasteiger partial charge is 0.419 e. The number of halogens is 7. The summed E-state index contributed by atoms with van der Waals surface area (Å²) < 4.78 is 53.1. The number of rotatable bonds is 8. The number of hydrazone groups is 1. The average molecular weight is 586 g/mol. The lowest BCUT2D eigenvalue weighted by atomic mass is 10.2. The van der Waals surface area contributed by atoms with E-state index in [-0.39, 0.29) is 30.1 Å². The number of benzene rings is 2. The van der Waals surface area contributed by atoms with Crippen LogP contribution in [-0.4, -0.2) is 26.2 Å². The molecule has 0 fully saturated rings. The van der Waals surface area contributed by atoms with Crippen molar-refractivity contribution in [2.24, 2.45) is 5.10 Å². The number of pyridine rings is 1. The molecule has 2 aromatic carbocycles. The monoisotopic (exact) mass is 584 g/mol. The van der Waals surface area contributed by atoms with Gasteiger partial charge in [-0.15, -0.1) is 0 Å². The Morgan fingerprint density at radius 1 is 0.868 bits per heavy atom. The van der Waals surface area contributed by atoms with Gasteiger partial charge in [0.15, 0.2) is 0 Å². The number of nitrogens with zero attached hydrogens (tertiary/aromatic N) is 5. The average Bonchev–Trinajstić information content (AvgIpc) is 2.83. The molecule has 0 radical (unpaired) electrons. The minimum absolute atomic E-state index is 0.0539. The Balaban J connectivity index is 1.59. The zero-order valence-corrected chi connectivity index (χ0v) is 21.1. The molecule has 0 aliphatic carbocycles. The summed E-state index contributed by atoms with van der Waals surface area (Å²) in [6.07, 6.45) is -1.92. The highest BCUT2D eigenvalue weighted by Gasteiger charge is 2.34. The van der Waals surface area contributed by atoms with Crippen molar-refractivity contribution in [1.29, 1.82) is 0 Å². The van der Waals surface area contributed by atoms with Crippen molar-refractivity contribution in [3.63, 3.8) is 0 Å². The smallest absolute Gasteiger partial charge is 0.350 e. The highest BCUT2D eigenvalue weighted by molar-refractivity contribution is 6.35. The summed E-state index contributed by atoms with van der Waals surface area (Å²) in [7, 11) is 0. The fourth-order valence-electron chi connectivity index (χ4n) is 3.02. The molecule has 2 aromatic heterocycles. The molecule has 38 heavy (non-hydrogen) atoms. The van der Waals surface area contributed by atoms with E-state index < -0.39 is 17.6 Å². The van der Waals surface area contributed by atoms with Crippen LogP contribution >= 0.6 is 34.8 Å². The Kier molecular flexibility index (Phi) is 8.45.